The lowest BCUT2D eigenvalue weighted by Crippen LogP contribution is -2.36. The van der Waals surface area contributed by atoms with E-state index in [2.05, 4.69) is 48.9 Å². The molecule has 1 rings (SSSR count). The van der Waals surface area contributed by atoms with Crippen molar-refractivity contribution in [1.82, 2.24) is 5.32 Å². The zero-order chi connectivity index (χ0) is 14.4. The summed E-state index contributed by atoms with van der Waals surface area (Å²) in [5.41, 5.74) is 0. The van der Waals surface area contributed by atoms with Crippen molar-refractivity contribution in [3.05, 3.63) is 28.5 Å². The van der Waals surface area contributed by atoms with Crippen LogP contribution < -0.4 is 10.1 Å². The van der Waals surface area contributed by atoms with Crippen LogP contribution in [-0.4, -0.2) is 19.2 Å². The first-order valence-corrected chi connectivity index (χ1v) is 7.52. The predicted octanol–water partition coefficient (Wildman–Crippen LogP) is 4.24. The van der Waals surface area contributed by atoms with Crippen LogP contribution in [0.5, 0.6) is 5.75 Å². The second kappa shape index (κ2) is 7.85. The molecule has 0 saturated carbocycles. The van der Waals surface area contributed by atoms with Crippen molar-refractivity contribution >= 4 is 15.9 Å². The van der Waals surface area contributed by atoms with Crippen LogP contribution in [0.25, 0.3) is 0 Å². The number of nitrogens with one attached hydrogen (secondary N) is 1. The fourth-order valence-electron chi connectivity index (χ4n) is 1.65. The summed E-state index contributed by atoms with van der Waals surface area (Å²) >= 11 is 3.17. The SMILES string of the molecule is CC(C)CNCC(Oc1ccc(F)c(Br)c1)C(C)C. The maximum atomic E-state index is 13.2. The van der Waals surface area contributed by atoms with E-state index in [4.69, 9.17) is 4.74 Å². The largest absolute Gasteiger partial charge is 0.489 e. The Labute approximate surface area is 123 Å². The summed E-state index contributed by atoms with van der Waals surface area (Å²) in [5, 5.41) is 3.40. The minimum atomic E-state index is -0.272. The molecule has 0 radical (unpaired) electrons. The Morgan fingerprint density at radius 3 is 2.42 bits per heavy atom. The zero-order valence-electron chi connectivity index (χ0n) is 12.0. The summed E-state index contributed by atoms with van der Waals surface area (Å²) in [5.74, 6) is 1.43. The van der Waals surface area contributed by atoms with Crippen LogP contribution in [0.1, 0.15) is 27.7 Å². The Balaban J connectivity index is 2.59. The van der Waals surface area contributed by atoms with E-state index < -0.39 is 0 Å². The highest BCUT2D eigenvalue weighted by Gasteiger charge is 2.15. The normalized spacial score (nSPS) is 13.1. The van der Waals surface area contributed by atoms with Crippen molar-refractivity contribution in [2.24, 2.45) is 11.8 Å². The van der Waals surface area contributed by atoms with E-state index in [0.717, 1.165) is 13.1 Å². The zero-order valence-corrected chi connectivity index (χ0v) is 13.6. The Kier molecular flexibility index (Phi) is 6.80. The molecule has 1 aromatic rings. The molecule has 0 saturated heterocycles. The molecule has 0 spiro atoms. The van der Waals surface area contributed by atoms with Crippen molar-refractivity contribution in [3.63, 3.8) is 0 Å². The van der Waals surface area contributed by atoms with Crippen LogP contribution in [-0.2, 0) is 0 Å². The molecule has 0 amide bonds. The van der Waals surface area contributed by atoms with Crippen molar-refractivity contribution < 1.29 is 9.13 Å². The Hall–Kier alpha value is -0.610. The summed E-state index contributed by atoms with van der Waals surface area (Å²) < 4.78 is 19.5. The first kappa shape index (κ1) is 16.4. The van der Waals surface area contributed by atoms with Gasteiger partial charge in [0.05, 0.1) is 4.47 Å². The highest BCUT2D eigenvalue weighted by atomic mass is 79.9. The van der Waals surface area contributed by atoms with Crippen molar-refractivity contribution in [1.29, 1.82) is 0 Å². The molecular weight excluding hydrogens is 309 g/mol. The highest BCUT2D eigenvalue weighted by molar-refractivity contribution is 9.10. The number of hydrogen-bond acceptors (Lipinski definition) is 2. The summed E-state index contributed by atoms with van der Waals surface area (Å²) in [4.78, 5) is 0. The first-order chi connectivity index (χ1) is 8.90. The van der Waals surface area contributed by atoms with Gasteiger partial charge in [-0.05, 0) is 52.5 Å². The van der Waals surface area contributed by atoms with E-state index in [-0.39, 0.29) is 11.9 Å². The third-order valence-electron chi connectivity index (χ3n) is 2.82. The molecule has 0 aliphatic carbocycles. The van der Waals surface area contributed by atoms with E-state index in [1.54, 1.807) is 12.1 Å². The molecule has 0 bridgehead atoms. The molecule has 2 nitrogen and oxygen atoms in total. The molecule has 1 atom stereocenters. The van der Waals surface area contributed by atoms with Crippen LogP contribution in [0, 0.1) is 17.7 Å². The Bertz CT molecular complexity index is 396. The minimum absolute atomic E-state index is 0.0797. The number of ether oxygens (including phenoxy) is 1. The molecular formula is C15H23BrFNO. The number of hydrogen-bond donors (Lipinski definition) is 1. The monoisotopic (exact) mass is 331 g/mol. The van der Waals surface area contributed by atoms with E-state index in [9.17, 15) is 4.39 Å². The van der Waals surface area contributed by atoms with Gasteiger partial charge in [-0.1, -0.05) is 27.7 Å². The molecule has 0 aromatic heterocycles. The fourth-order valence-corrected chi connectivity index (χ4v) is 2.01. The molecule has 1 N–H and O–H groups in total. The average molecular weight is 332 g/mol. The summed E-state index contributed by atoms with van der Waals surface area (Å²) in [7, 11) is 0. The quantitative estimate of drug-likeness (QED) is 0.806. The van der Waals surface area contributed by atoms with Crippen LogP contribution in [0.2, 0.25) is 0 Å². The maximum Gasteiger partial charge on any atom is 0.137 e. The van der Waals surface area contributed by atoms with Gasteiger partial charge in [-0.3, -0.25) is 0 Å². The van der Waals surface area contributed by atoms with Crippen LogP contribution in [0.15, 0.2) is 22.7 Å². The third-order valence-corrected chi connectivity index (χ3v) is 3.43. The van der Waals surface area contributed by atoms with Gasteiger partial charge in [0.1, 0.15) is 17.7 Å². The van der Waals surface area contributed by atoms with Gasteiger partial charge in [0.25, 0.3) is 0 Å². The van der Waals surface area contributed by atoms with E-state index >= 15 is 0 Å². The molecule has 0 aliphatic rings. The Morgan fingerprint density at radius 2 is 1.89 bits per heavy atom. The smallest absolute Gasteiger partial charge is 0.137 e. The lowest BCUT2D eigenvalue weighted by atomic mass is 10.1. The van der Waals surface area contributed by atoms with E-state index in [1.807, 2.05) is 0 Å². The van der Waals surface area contributed by atoms with E-state index in [0.29, 0.717) is 22.1 Å². The summed E-state index contributed by atoms with van der Waals surface area (Å²) in [6.45, 7) is 10.4. The van der Waals surface area contributed by atoms with Gasteiger partial charge in [0.2, 0.25) is 0 Å². The second-order valence-corrected chi connectivity index (χ2v) is 6.38. The maximum absolute atomic E-state index is 13.2. The van der Waals surface area contributed by atoms with Gasteiger partial charge in [-0.25, -0.2) is 4.39 Å². The first-order valence-electron chi connectivity index (χ1n) is 6.72. The molecule has 1 unspecified atom stereocenters. The lowest BCUT2D eigenvalue weighted by Gasteiger charge is -2.23. The van der Waals surface area contributed by atoms with Crippen LogP contribution >= 0.6 is 15.9 Å². The molecule has 108 valence electrons. The third kappa shape index (κ3) is 5.91. The van der Waals surface area contributed by atoms with E-state index in [1.165, 1.54) is 6.07 Å². The average Bonchev–Trinajstić information content (AvgIpc) is 2.32. The Morgan fingerprint density at radius 1 is 1.21 bits per heavy atom. The number of benzene rings is 1. The number of halogens is 2. The van der Waals surface area contributed by atoms with Gasteiger partial charge in [0, 0.05) is 6.54 Å². The topological polar surface area (TPSA) is 21.3 Å². The molecule has 4 heteroatoms. The predicted molar refractivity (Wildman–Crippen MR) is 81.1 cm³/mol. The molecule has 0 aliphatic heterocycles. The summed E-state index contributed by atoms with van der Waals surface area (Å²) in [6, 6.07) is 4.75. The van der Waals surface area contributed by atoms with Gasteiger partial charge in [-0.2, -0.15) is 0 Å². The fraction of sp³-hybridized carbons (Fsp3) is 0.600. The molecule has 0 fully saturated rings. The standard InChI is InChI=1S/C15H23BrFNO/c1-10(2)8-18-9-15(11(3)4)19-12-5-6-14(17)13(16)7-12/h5-7,10-11,15,18H,8-9H2,1-4H3. The van der Waals surface area contributed by atoms with Crippen LogP contribution in [0.4, 0.5) is 4.39 Å². The van der Waals surface area contributed by atoms with Crippen LogP contribution in [0.3, 0.4) is 0 Å². The van der Waals surface area contributed by atoms with Crippen molar-refractivity contribution in [3.8, 4) is 5.75 Å². The lowest BCUT2D eigenvalue weighted by molar-refractivity contribution is 0.147. The highest BCUT2D eigenvalue weighted by Crippen LogP contribution is 2.23. The molecule has 1 aromatic carbocycles. The van der Waals surface area contributed by atoms with Gasteiger partial charge < -0.3 is 10.1 Å². The van der Waals surface area contributed by atoms with Gasteiger partial charge >= 0.3 is 0 Å². The summed E-state index contributed by atoms with van der Waals surface area (Å²) in [6.07, 6.45) is 0.0797. The molecule has 19 heavy (non-hydrogen) atoms. The molecule has 0 heterocycles. The van der Waals surface area contributed by atoms with Crippen molar-refractivity contribution in [2.75, 3.05) is 13.1 Å². The van der Waals surface area contributed by atoms with Gasteiger partial charge in [-0.15, -0.1) is 0 Å². The van der Waals surface area contributed by atoms with Gasteiger partial charge in [0.15, 0.2) is 0 Å². The number of rotatable bonds is 7. The second-order valence-electron chi connectivity index (χ2n) is 5.53. The minimum Gasteiger partial charge on any atom is -0.489 e. The van der Waals surface area contributed by atoms with Crippen molar-refractivity contribution in [2.45, 2.75) is 33.8 Å².